The minimum absolute atomic E-state index is 0.524. The summed E-state index contributed by atoms with van der Waals surface area (Å²) in [7, 11) is 2.26. The Labute approximate surface area is 88.2 Å². The normalized spacial score (nSPS) is 27.4. The van der Waals surface area contributed by atoms with Gasteiger partial charge in [0.05, 0.1) is 0 Å². The fourth-order valence-corrected chi connectivity index (χ4v) is 2.65. The van der Waals surface area contributed by atoms with Gasteiger partial charge in [-0.25, -0.2) is 5.01 Å². The summed E-state index contributed by atoms with van der Waals surface area (Å²) in [5, 5.41) is 1.96. The molecule has 2 N–H and O–H groups in total. The molecule has 2 aliphatic rings. The van der Waals surface area contributed by atoms with E-state index in [1.54, 1.807) is 0 Å². The van der Waals surface area contributed by atoms with E-state index in [1.165, 1.54) is 32.2 Å². The molecule has 0 amide bonds. The van der Waals surface area contributed by atoms with E-state index in [0.717, 1.165) is 13.1 Å². The lowest BCUT2D eigenvalue weighted by Crippen LogP contribution is -2.52. The van der Waals surface area contributed by atoms with Gasteiger partial charge in [-0.3, -0.25) is 5.84 Å². The summed E-state index contributed by atoms with van der Waals surface area (Å²) in [6.45, 7) is 7.43. The molecule has 0 unspecified atom stereocenters. The second-order valence-electron chi connectivity index (χ2n) is 4.29. The van der Waals surface area contributed by atoms with Crippen LogP contribution in [-0.2, 0) is 0 Å². The van der Waals surface area contributed by atoms with Crippen molar-refractivity contribution < 1.29 is 0 Å². The average Bonchev–Trinajstić information content (AvgIpc) is 2.57. The third kappa shape index (κ3) is 2.27. The highest BCUT2D eigenvalue weighted by atomic mass is 15.4. The summed E-state index contributed by atoms with van der Waals surface area (Å²) in [4.78, 5) is 2.54. The molecule has 2 saturated heterocycles. The highest BCUT2D eigenvalue weighted by Gasteiger charge is 2.40. The maximum absolute atomic E-state index is 5.75. The number of hydrogen-bond donors (Lipinski definition) is 1. The van der Waals surface area contributed by atoms with E-state index in [0.29, 0.717) is 5.54 Å². The van der Waals surface area contributed by atoms with Crippen molar-refractivity contribution in [2.24, 2.45) is 5.84 Å². The third-order valence-electron chi connectivity index (χ3n) is 3.67. The van der Waals surface area contributed by atoms with Crippen LogP contribution in [0.2, 0.25) is 0 Å². The van der Waals surface area contributed by atoms with Crippen molar-refractivity contribution in [2.45, 2.75) is 45.1 Å². The zero-order valence-corrected chi connectivity index (χ0v) is 9.92. The van der Waals surface area contributed by atoms with E-state index in [4.69, 9.17) is 5.84 Å². The van der Waals surface area contributed by atoms with Crippen LogP contribution in [0.25, 0.3) is 0 Å². The van der Waals surface area contributed by atoms with E-state index in [9.17, 15) is 0 Å². The molecule has 0 saturated carbocycles. The van der Waals surface area contributed by atoms with E-state index in [-0.39, 0.29) is 0 Å². The van der Waals surface area contributed by atoms with Crippen LogP contribution < -0.4 is 5.84 Å². The number of rotatable bonds is 0. The van der Waals surface area contributed by atoms with Crippen LogP contribution in [0.5, 0.6) is 0 Å². The predicted molar refractivity (Wildman–Crippen MR) is 60.9 cm³/mol. The molecule has 2 aliphatic heterocycles. The number of hydrazine groups is 1. The van der Waals surface area contributed by atoms with Crippen molar-refractivity contribution in [3.8, 4) is 0 Å². The van der Waals surface area contributed by atoms with Crippen LogP contribution in [0.4, 0.5) is 0 Å². The van der Waals surface area contributed by atoms with Crippen molar-refractivity contribution in [1.82, 2.24) is 9.91 Å². The van der Waals surface area contributed by atoms with Crippen LogP contribution in [-0.4, -0.2) is 42.1 Å². The molecule has 84 valence electrons. The van der Waals surface area contributed by atoms with Gasteiger partial charge in [-0.1, -0.05) is 13.8 Å². The first-order valence-corrected chi connectivity index (χ1v) is 5.94. The summed E-state index contributed by atoms with van der Waals surface area (Å²) in [5.74, 6) is 5.75. The van der Waals surface area contributed by atoms with Crippen molar-refractivity contribution in [3.63, 3.8) is 0 Å². The zero-order chi connectivity index (χ0) is 10.6. The molecule has 3 nitrogen and oxygen atoms in total. The number of piperidine rings is 1. The first-order valence-electron chi connectivity index (χ1n) is 5.94. The van der Waals surface area contributed by atoms with E-state index >= 15 is 0 Å². The van der Waals surface area contributed by atoms with E-state index < -0.39 is 0 Å². The van der Waals surface area contributed by atoms with Gasteiger partial charge in [-0.2, -0.15) is 0 Å². The molecular weight excluding hydrogens is 174 g/mol. The second-order valence-corrected chi connectivity index (χ2v) is 4.29. The number of nitrogens with two attached hydrogens (primary N) is 1. The molecule has 3 heteroatoms. The fourth-order valence-electron chi connectivity index (χ4n) is 2.65. The fraction of sp³-hybridized carbons (Fsp3) is 1.00. The molecule has 0 aromatic heterocycles. The molecule has 0 atom stereocenters. The van der Waals surface area contributed by atoms with Crippen LogP contribution in [0.1, 0.15) is 39.5 Å². The smallest absolute Gasteiger partial charge is 0.0232 e. The van der Waals surface area contributed by atoms with Crippen molar-refractivity contribution in [1.29, 1.82) is 0 Å². The third-order valence-corrected chi connectivity index (χ3v) is 3.67. The molecule has 0 aromatic carbocycles. The van der Waals surface area contributed by atoms with Gasteiger partial charge >= 0.3 is 0 Å². The van der Waals surface area contributed by atoms with Crippen LogP contribution in [0, 0.1) is 0 Å². The molecule has 0 bridgehead atoms. The Hall–Kier alpha value is -0.120. The van der Waals surface area contributed by atoms with Gasteiger partial charge in [0.1, 0.15) is 0 Å². The van der Waals surface area contributed by atoms with Crippen molar-refractivity contribution in [3.05, 3.63) is 0 Å². The van der Waals surface area contributed by atoms with Gasteiger partial charge in [0.15, 0.2) is 0 Å². The summed E-state index contributed by atoms with van der Waals surface area (Å²) in [6, 6.07) is 0. The summed E-state index contributed by atoms with van der Waals surface area (Å²) in [6.07, 6.45) is 5.29. The minimum atomic E-state index is 0.524. The molecule has 0 aliphatic carbocycles. The lowest BCUT2D eigenvalue weighted by molar-refractivity contribution is 0.0709. The summed E-state index contributed by atoms with van der Waals surface area (Å²) in [5.41, 5.74) is 0.524. The summed E-state index contributed by atoms with van der Waals surface area (Å²) < 4.78 is 0. The second kappa shape index (κ2) is 5.10. The standard InChI is InChI=1S/C9H19N3.C2H6/c1-11-6-2-3-9(11)4-7-12(10)8-5-9;1-2/h2-8,10H2,1H3;1-2H3. The number of likely N-dealkylation sites (tertiary alicyclic amines) is 1. The largest absolute Gasteiger partial charge is 0.301 e. The lowest BCUT2D eigenvalue weighted by atomic mass is 9.86. The SMILES string of the molecule is CC.CN1CCCC12CCN(N)CC2. The maximum atomic E-state index is 5.75. The Morgan fingerprint density at radius 1 is 1.00 bits per heavy atom. The Morgan fingerprint density at radius 3 is 2.00 bits per heavy atom. The molecule has 14 heavy (non-hydrogen) atoms. The first kappa shape index (κ1) is 12.0. The zero-order valence-electron chi connectivity index (χ0n) is 9.92. The molecule has 2 rings (SSSR count). The van der Waals surface area contributed by atoms with Gasteiger partial charge in [0, 0.05) is 18.6 Å². The molecule has 2 fully saturated rings. The predicted octanol–water partition coefficient (Wildman–Crippen LogP) is 1.45. The monoisotopic (exact) mass is 199 g/mol. The molecule has 1 spiro atoms. The Morgan fingerprint density at radius 2 is 1.57 bits per heavy atom. The Balaban J connectivity index is 0.000000461. The van der Waals surface area contributed by atoms with Crippen molar-refractivity contribution >= 4 is 0 Å². The highest BCUT2D eigenvalue weighted by Crippen LogP contribution is 2.36. The topological polar surface area (TPSA) is 32.5 Å². The van der Waals surface area contributed by atoms with Gasteiger partial charge in [-0.15, -0.1) is 0 Å². The van der Waals surface area contributed by atoms with Crippen LogP contribution >= 0.6 is 0 Å². The van der Waals surface area contributed by atoms with Gasteiger partial charge < -0.3 is 4.90 Å². The quantitative estimate of drug-likeness (QED) is 0.599. The maximum Gasteiger partial charge on any atom is 0.0232 e. The van der Waals surface area contributed by atoms with Crippen LogP contribution in [0.15, 0.2) is 0 Å². The lowest BCUT2D eigenvalue weighted by Gasteiger charge is -2.42. The Kier molecular flexibility index (Phi) is 4.35. The molecule has 0 radical (unpaired) electrons. The van der Waals surface area contributed by atoms with Gasteiger partial charge in [-0.05, 0) is 39.3 Å². The number of nitrogens with zero attached hydrogens (tertiary/aromatic N) is 2. The molecule has 2 heterocycles. The van der Waals surface area contributed by atoms with Crippen molar-refractivity contribution in [2.75, 3.05) is 26.7 Å². The molecular formula is C11H25N3. The highest BCUT2D eigenvalue weighted by molar-refractivity contribution is 4.97. The molecule has 0 aromatic rings. The van der Waals surface area contributed by atoms with Crippen LogP contribution in [0.3, 0.4) is 0 Å². The van der Waals surface area contributed by atoms with E-state index in [1.807, 2.05) is 18.9 Å². The minimum Gasteiger partial charge on any atom is -0.301 e. The summed E-state index contributed by atoms with van der Waals surface area (Å²) >= 11 is 0. The van der Waals surface area contributed by atoms with Gasteiger partial charge in [0.25, 0.3) is 0 Å². The average molecular weight is 199 g/mol. The van der Waals surface area contributed by atoms with E-state index in [2.05, 4.69) is 11.9 Å². The van der Waals surface area contributed by atoms with Gasteiger partial charge in [0.2, 0.25) is 0 Å². The Bertz CT molecular complexity index is 162. The number of hydrogen-bond acceptors (Lipinski definition) is 3. The first-order chi connectivity index (χ1) is 6.73.